The van der Waals surface area contributed by atoms with Crippen molar-refractivity contribution in [1.29, 1.82) is 0 Å². The molecule has 0 spiro atoms. The number of carboxylic acid groups (broad SMARTS) is 1. The number of carboxylic acids is 1. The maximum Gasteiger partial charge on any atom is 0.337 e. The third-order valence-corrected chi connectivity index (χ3v) is 4.09. The van der Waals surface area contributed by atoms with Crippen LogP contribution < -0.4 is 0 Å². The zero-order chi connectivity index (χ0) is 15.0. The molecule has 7 heteroatoms. The van der Waals surface area contributed by atoms with Gasteiger partial charge in [0, 0.05) is 20.2 Å². The molecule has 1 atom stereocenters. The van der Waals surface area contributed by atoms with Crippen molar-refractivity contribution in [3.63, 3.8) is 0 Å². The van der Waals surface area contributed by atoms with Crippen LogP contribution >= 0.6 is 0 Å². The topological polar surface area (TPSA) is 81.0 Å². The van der Waals surface area contributed by atoms with Crippen molar-refractivity contribution in [2.24, 2.45) is 0 Å². The van der Waals surface area contributed by atoms with Gasteiger partial charge in [-0.05, 0) is 18.9 Å². The van der Waals surface area contributed by atoms with Crippen molar-refractivity contribution in [2.45, 2.75) is 32.2 Å². The number of hydrogen-bond donors (Lipinski definition) is 1. The molecule has 0 aromatic carbocycles. The number of rotatable bonds is 3. The lowest BCUT2D eigenvalue weighted by Gasteiger charge is -2.25. The summed E-state index contributed by atoms with van der Waals surface area (Å²) in [5, 5.41) is 9.28. The molecule has 3 rings (SSSR count). The number of nitrogens with zero attached hydrogens (tertiary/aromatic N) is 2. The summed E-state index contributed by atoms with van der Waals surface area (Å²) in [5.74, 6) is -1.21. The van der Waals surface area contributed by atoms with Gasteiger partial charge >= 0.3 is 5.97 Å². The zero-order valence-electron chi connectivity index (χ0n) is 11.9. The van der Waals surface area contributed by atoms with Crippen LogP contribution in [0.4, 0.5) is 0 Å². The molecular weight excluding hydrogens is 276 g/mol. The van der Waals surface area contributed by atoms with E-state index < -0.39 is 5.97 Å². The Morgan fingerprint density at radius 1 is 1.43 bits per heavy atom. The fraction of sp³-hybridized carbons (Fsp3) is 0.571. The second kappa shape index (κ2) is 5.50. The van der Waals surface area contributed by atoms with Gasteiger partial charge in [-0.25, -0.2) is 4.79 Å². The predicted octanol–water partition coefficient (Wildman–Crippen LogP) is 0.925. The number of ether oxygens (including phenoxy) is 2. The number of amides is 1. The lowest BCUT2D eigenvalue weighted by atomic mass is 10.2. The molecule has 2 aliphatic heterocycles. The van der Waals surface area contributed by atoms with E-state index in [-0.39, 0.29) is 24.3 Å². The first kappa shape index (κ1) is 14.1. The molecule has 0 unspecified atom stereocenters. The van der Waals surface area contributed by atoms with E-state index in [0.29, 0.717) is 31.1 Å². The number of carbonyl (C=O) groups excluding carboxylic acids is 1. The highest BCUT2D eigenvalue weighted by molar-refractivity contribution is 5.98. The molecule has 1 N–H and O–H groups in total. The first-order valence-corrected chi connectivity index (χ1v) is 7.00. The van der Waals surface area contributed by atoms with Crippen molar-refractivity contribution in [1.82, 2.24) is 9.47 Å². The third-order valence-electron chi connectivity index (χ3n) is 4.09. The molecule has 2 aliphatic rings. The average molecular weight is 294 g/mol. The number of fused-ring (bicyclic) bond motifs is 1. The maximum atomic E-state index is 12.7. The molecule has 0 radical (unpaired) electrons. The lowest BCUT2D eigenvalue weighted by molar-refractivity contribution is 0.000618. The van der Waals surface area contributed by atoms with Crippen LogP contribution in [0.3, 0.4) is 0 Å². The molecule has 7 nitrogen and oxygen atoms in total. The van der Waals surface area contributed by atoms with Crippen molar-refractivity contribution in [2.75, 3.05) is 20.3 Å². The number of methoxy groups -OCH3 is 1. The van der Waals surface area contributed by atoms with Crippen LogP contribution in [0.1, 0.15) is 39.4 Å². The van der Waals surface area contributed by atoms with Crippen molar-refractivity contribution >= 4 is 11.9 Å². The van der Waals surface area contributed by atoms with Gasteiger partial charge in [0.15, 0.2) is 0 Å². The van der Waals surface area contributed by atoms with Crippen LogP contribution in [-0.4, -0.2) is 52.9 Å². The van der Waals surface area contributed by atoms with Crippen LogP contribution in [-0.2, 0) is 22.6 Å². The zero-order valence-corrected chi connectivity index (χ0v) is 11.9. The Morgan fingerprint density at radius 2 is 2.24 bits per heavy atom. The summed E-state index contributed by atoms with van der Waals surface area (Å²) in [6, 6.07) is 1.46. The van der Waals surface area contributed by atoms with E-state index in [0.717, 1.165) is 12.8 Å². The lowest BCUT2D eigenvalue weighted by Crippen LogP contribution is -2.38. The fourth-order valence-corrected chi connectivity index (χ4v) is 3.05. The molecule has 0 aliphatic carbocycles. The van der Waals surface area contributed by atoms with Gasteiger partial charge in [-0.1, -0.05) is 0 Å². The second-order valence-corrected chi connectivity index (χ2v) is 5.23. The third kappa shape index (κ3) is 2.32. The Balaban J connectivity index is 1.98. The van der Waals surface area contributed by atoms with Gasteiger partial charge in [0.05, 0.1) is 24.5 Å². The van der Waals surface area contributed by atoms with Crippen LogP contribution in [0.5, 0.6) is 0 Å². The monoisotopic (exact) mass is 294 g/mol. The van der Waals surface area contributed by atoms with E-state index in [9.17, 15) is 14.7 Å². The van der Waals surface area contributed by atoms with E-state index in [4.69, 9.17) is 9.47 Å². The molecule has 114 valence electrons. The highest BCUT2D eigenvalue weighted by Crippen LogP contribution is 2.25. The average Bonchev–Trinajstić information content (AvgIpc) is 3.11. The quantitative estimate of drug-likeness (QED) is 0.896. The Kier molecular flexibility index (Phi) is 3.69. The molecule has 1 saturated heterocycles. The van der Waals surface area contributed by atoms with Crippen LogP contribution in [0.25, 0.3) is 0 Å². The normalized spacial score (nSPS) is 21.4. The maximum absolute atomic E-state index is 12.7. The van der Waals surface area contributed by atoms with Gasteiger partial charge in [0.2, 0.25) is 0 Å². The number of carbonyl (C=O) groups is 2. The highest BCUT2D eigenvalue weighted by Gasteiger charge is 2.33. The molecule has 0 bridgehead atoms. The first-order valence-electron chi connectivity index (χ1n) is 7.00. The number of likely N-dealkylation sites (tertiary alicyclic amines) is 1. The molecule has 1 aromatic rings. The number of aromatic nitrogens is 1. The van der Waals surface area contributed by atoms with Gasteiger partial charge < -0.3 is 24.0 Å². The van der Waals surface area contributed by atoms with Gasteiger partial charge in [-0.2, -0.15) is 0 Å². The smallest absolute Gasteiger partial charge is 0.337 e. The fourth-order valence-electron chi connectivity index (χ4n) is 3.05. The summed E-state index contributed by atoms with van der Waals surface area (Å²) in [6.07, 6.45) is 1.48. The molecule has 1 amide bonds. The summed E-state index contributed by atoms with van der Waals surface area (Å²) in [5.41, 5.74) is 1.12. The van der Waals surface area contributed by atoms with Crippen LogP contribution in [0, 0.1) is 0 Å². The summed E-state index contributed by atoms with van der Waals surface area (Å²) < 4.78 is 12.4. The molecule has 1 aromatic heterocycles. The Bertz CT molecular complexity index is 580. The van der Waals surface area contributed by atoms with E-state index in [1.807, 2.05) is 0 Å². The van der Waals surface area contributed by atoms with E-state index in [1.165, 1.54) is 6.07 Å². The summed E-state index contributed by atoms with van der Waals surface area (Å²) in [6.45, 7) is 1.84. The molecule has 21 heavy (non-hydrogen) atoms. The minimum absolute atomic E-state index is 0.145. The van der Waals surface area contributed by atoms with Crippen LogP contribution in [0.15, 0.2) is 6.07 Å². The minimum Gasteiger partial charge on any atom is -0.478 e. The highest BCUT2D eigenvalue weighted by atomic mass is 16.5. The van der Waals surface area contributed by atoms with Gasteiger partial charge in [-0.3, -0.25) is 4.79 Å². The second-order valence-electron chi connectivity index (χ2n) is 5.23. The Morgan fingerprint density at radius 3 is 2.95 bits per heavy atom. The molecule has 3 heterocycles. The number of aromatic carboxylic acids is 1. The molecule has 0 saturated carbocycles. The summed E-state index contributed by atoms with van der Waals surface area (Å²) in [7, 11) is 1.58. The van der Waals surface area contributed by atoms with Crippen molar-refractivity contribution in [3.05, 3.63) is 23.0 Å². The summed E-state index contributed by atoms with van der Waals surface area (Å²) >= 11 is 0. The van der Waals surface area contributed by atoms with E-state index >= 15 is 0 Å². The van der Waals surface area contributed by atoms with E-state index in [2.05, 4.69) is 0 Å². The Labute approximate surface area is 122 Å². The predicted molar refractivity (Wildman–Crippen MR) is 72.1 cm³/mol. The standard InChI is InChI=1S/C14H18N2O5/c1-20-12-3-2-4-16(12)13(17)10-7-9(14(18)19)11-8-21-6-5-15(10)11/h7,12H,2-6,8H2,1H3,(H,18,19)/t12-/m0/s1. The minimum atomic E-state index is -1.03. The number of hydrogen-bond acceptors (Lipinski definition) is 4. The van der Waals surface area contributed by atoms with E-state index in [1.54, 1.807) is 16.6 Å². The first-order chi connectivity index (χ1) is 10.1. The molecular formula is C14H18N2O5. The van der Waals surface area contributed by atoms with Crippen molar-refractivity contribution in [3.8, 4) is 0 Å². The van der Waals surface area contributed by atoms with Crippen LogP contribution in [0.2, 0.25) is 0 Å². The summed E-state index contributed by atoms with van der Waals surface area (Å²) in [4.78, 5) is 25.7. The molecule has 1 fully saturated rings. The van der Waals surface area contributed by atoms with Gasteiger partial charge in [0.25, 0.3) is 5.91 Å². The largest absolute Gasteiger partial charge is 0.478 e. The SMILES string of the molecule is CO[C@H]1CCCN1C(=O)c1cc(C(=O)O)c2n1CCOC2. The Hall–Kier alpha value is -1.86. The van der Waals surface area contributed by atoms with Gasteiger partial charge in [-0.15, -0.1) is 0 Å². The van der Waals surface area contributed by atoms with Gasteiger partial charge in [0.1, 0.15) is 11.9 Å². The van der Waals surface area contributed by atoms with Crippen molar-refractivity contribution < 1.29 is 24.2 Å².